The lowest BCUT2D eigenvalue weighted by atomic mass is 9.80. The zero-order chi connectivity index (χ0) is 13.0. The van der Waals surface area contributed by atoms with Crippen LogP contribution in [0.25, 0.3) is 0 Å². The summed E-state index contributed by atoms with van der Waals surface area (Å²) in [4.78, 5) is 11.8. The molecule has 2 unspecified atom stereocenters. The molecule has 0 radical (unpaired) electrons. The van der Waals surface area contributed by atoms with Crippen LogP contribution in [-0.2, 0) is 4.74 Å². The van der Waals surface area contributed by atoms with Crippen LogP contribution in [0.2, 0.25) is 0 Å². The molecule has 2 aliphatic rings. The largest absolute Gasteiger partial charge is 0.391 e. The number of urea groups is 1. The highest BCUT2D eigenvalue weighted by atomic mass is 16.5. The Morgan fingerprint density at radius 2 is 2.06 bits per heavy atom. The van der Waals surface area contributed by atoms with Crippen molar-refractivity contribution in [3.05, 3.63) is 0 Å². The first-order valence-corrected chi connectivity index (χ1v) is 6.93. The Morgan fingerprint density at radius 1 is 1.33 bits per heavy atom. The number of carbonyl (C=O) groups excluding carboxylic acids is 1. The topological polar surface area (TPSA) is 70.6 Å². The van der Waals surface area contributed by atoms with E-state index < -0.39 is 6.10 Å². The van der Waals surface area contributed by atoms with Crippen molar-refractivity contribution in [1.82, 2.24) is 10.6 Å². The van der Waals surface area contributed by atoms with Crippen molar-refractivity contribution >= 4 is 6.03 Å². The summed E-state index contributed by atoms with van der Waals surface area (Å²) in [6.45, 7) is 0.554. The lowest BCUT2D eigenvalue weighted by Crippen LogP contribution is -2.54. The predicted octanol–water partition coefficient (Wildman–Crippen LogP) is 1.16. The molecule has 104 valence electrons. The second-order valence-corrected chi connectivity index (χ2v) is 5.53. The summed E-state index contributed by atoms with van der Waals surface area (Å²) >= 11 is 0. The summed E-state index contributed by atoms with van der Waals surface area (Å²) in [5.74, 6) is 0. The molecule has 0 aromatic rings. The van der Waals surface area contributed by atoms with Crippen LogP contribution in [-0.4, -0.2) is 42.5 Å². The molecule has 2 atom stereocenters. The summed E-state index contributed by atoms with van der Waals surface area (Å²) < 4.78 is 5.44. The first-order valence-electron chi connectivity index (χ1n) is 6.93. The maximum atomic E-state index is 11.8. The zero-order valence-electron chi connectivity index (χ0n) is 11.1. The Hall–Kier alpha value is -0.810. The molecule has 0 spiro atoms. The summed E-state index contributed by atoms with van der Waals surface area (Å²) in [6.07, 6.45) is 6.56. The molecule has 0 aromatic carbocycles. The standard InChI is InChI=1S/C13H24N2O3/c1-18-13(7-4-8-13)9-14-12(17)15-10-5-2-3-6-11(10)16/h10-11,16H,2-9H2,1H3,(H2,14,15,17). The van der Waals surface area contributed by atoms with Gasteiger partial charge in [0.15, 0.2) is 0 Å². The number of ether oxygens (including phenoxy) is 1. The van der Waals surface area contributed by atoms with Gasteiger partial charge in [-0.1, -0.05) is 12.8 Å². The molecular weight excluding hydrogens is 232 g/mol. The Labute approximate surface area is 108 Å². The van der Waals surface area contributed by atoms with E-state index in [9.17, 15) is 9.90 Å². The Kier molecular flexibility index (Phi) is 4.45. The molecular formula is C13H24N2O3. The van der Waals surface area contributed by atoms with Crippen LogP contribution in [0.1, 0.15) is 44.9 Å². The highest BCUT2D eigenvalue weighted by Crippen LogP contribution is 2.34. The highest BCUT2D eigenvalue weighted by molar-refractivity contribution is 5.74. The van der Waals surface area contributed by atoms with Gasteiger partial charge < -0.3 is 20.5 Å². The van der Waals surface area contributed by atoms with Gasteiger partial charge in [-0.15, -0.1) is 0 Å². The molecule has 5 nitrogen and oxygen atoms in total. The van der Waals surface area contributed by atoms with Gasteiger partial charge in [-0.25, -0.2) is 4.79 Å². The van der Waals surface area contributed by atoms with Crippen molar-refractivity contribution in [2.75, 3.05) is 13.7 Å². The molecule has 3 N–H and O–H groups in total. The quantitative estimate of drug-likeness (QED) is 0.707. The van der Waals surface area contributed by atoms with Crippen LogP contribution in [0.3, 0.4) is 0 Å². The minimum Gasteiger partial charge on any atom is -0.391 e. The van der Waals surface area contributed by atoms with Gasteiger partial charge in [0.25, 0.3) is 0 Å². The number of rotatable bonds is 4. The number of aliphatic hydroxyl groups is 1. The number of hydrogen-bond acceptors (Lipinski definition) is 3. The SMILES string of the molecule is COC1(CNC(=O)NC2CCCCC2O)CCC1. The van der Waals surface area contributed by atoms with Gasteiger partial charge in [0.05, 0.1) is 17.7 Å². The molecule has 5 heteroatoms. The summed E-state index contributed by atoms with van der Waals surface area (Å²) in [6, 6.07) is -0.289. The van der Waals surface area contributed by atoms with Crippen LogP contribution in [0.4, 0.5) is 4.79 Å². The highest BCUT2D eigenvalue weighted by Gasteiger charge is 2.37. The fourth-order valence-electron chi connectivity index (χ4n) is 2.76. The van der Waals surface area contributed by atoms with E-state index >= 15 is 0 Å². The molecule has 2 amide bonds. The third-order valence-electron chi connectivity index (χ3n) is 4.31. The molecule has 0 aliphatic heterocycles. The second kappa shape index (κ2) is 5.89. The Morgan fingerprint density at radius 3 is 2.61 bits per heavy atom. The summed E-state index contributed by atoms with van der Waals surface area (Å²) in [5.41, 5.74) is -0.150. The van der Waals surface area contributed by atoms with Crippen LogP contribution < -0.4 is 10.6 Å². The third-order valence-corrected chi connectivity index (χ3v) is 4.31. The average Bonchev–Trinajstić information content (AvgIpc) is 2.31. The van der Waals surface area contributed by atoms with Crippen molar-refractivity contribution < 1.29 is 14.6 Å². The Bertz CT molecular complexity index is 286. The van der Waals surface area contributed by atoms with E-state index in [2.05, 4.69) is 10.6 Å². The van der Waals surface area contributed by atoms with Crippen molar-refractivity contribution in [1.29, 1.82) is 0 Å². The van der Waals surface area contributed by atoms with Crippen molar-refractivity contribution in [2.24, 2.45) is 0 Å². The van der Waals surface area contributed by atoms with Crippen LogP contribution in [0.15, 0.2) is 0 Å². The van der Waals surface area contributed by atoms with Gasteiger partial charge in [-0.3, -0.25) is 0 Å². The lowest BCUT2D eigenvalue weighted by molar-refractivity contribution is -0.0675. The van der Waals surface area contributed by atoms with Gasteiger partial charge in [0.2, 0.25) is 0 Å². The van der Waals surface area contributed by atoms with E-state index in [1.165, 1.54) is 6.42 Å². The van der Waals surface area contributed by atoms with Crippen molar-refractivity contribution in [3.8, 4) is 0 Å². The smallest absolute Gasteiger partial charge is 0.315 e. The minimum atomic E-state index is -0.399. The molecule has 2 rings (SSSR count). The van der Waals surface area contributed by atoms with E-state index in [1.54, 1.807) is 7.11 Å². The monoisotopic (exact) mass is 256 g/mol. The normalized spacial score (nSPS) is 30.3. The average molecular weight is 256 g/mol. The first-order chi connectivity index (χ1) is 8.65. The molecule has 0 aromatic heterocycles. The number of amides is 2. The molecule has 2 saturated carbocycles. The third kappa shape index (κ3) is 3.14. The molecule has 0 heterocycles. The Balaban J connectivity index is 1.71. The van der Waals surface area contributed by atoms with Gasteiger partial charge in [0, 0.05) is 13.7 Å². The second-order valence-electron chi connectivity index (χ2n) is 5.53. The van der Waals surface area contributed by atoms with Crippen LogP contribution in [0, 0.1) is 0 Å². The summed E-state index contributed by atoms with van der Waals surface area (Å²) in [5, 5.41) is 15.5. The van der Waals surface area contributed by atoms with Crippen LogP contribution in [0.5, 0.6) is 0 Å². The van der Waals surface area contributed by atoms with E-state index in [0.717, 1.165) is 38.5 Å². The molecule has 18 heavy (non-hydrogen) atoms. The molecule has 0 saturated heterocycles. The van der Waals surface area contributed by atoms with E-state index in [4.69, 9.17) is 4.74 Å². The molecule has 0 bridgehead atoms. The molecule has 2 fully saturated rings. The van der Waals surface area contributed by atoms with E-state index in [1.807, 2.05) is 0 Å². The lowest BCUT2D eigenvalue weighted by Gasteiger charge is -2.40. The van der Waals surface area contributed by atoms with Gasteiger partial charge >= 0.3 is 6.03 Å². The van der Waals surface area contributed by atoms with E-state index in [0.29, 0.717) is 6.54 Å². The summed E-state index contributed by atoms with van der Waals surface area (Å²) in [7, 11) is 1.70. The maximum absolute atomic E-state index is 11.8. The number of hydrogen-bond donors (Lipinski definition) is 3. The number of methoxy groups -OCH3 is 1. The van der Waals surface area contributed by atoms with Gasteiger partial charge in [-0.2, -0.15) is 0 Å². The van der Waals surface area contributed by atoms with Gasteiger partial charge in [0.1, 0.15) is 0 Å². The predicted molar refractivity (Wildman–Crippen MR) is 68.4 cm³/mol. The maximum Gasteiger partial charge on any atom is 0.315 e. The molecule has 2 aliphatic carbocycles. The fraction of sp³-hybridized carbons (Fsp3) is 0.923. The minimum absolute atomic E-state index is 0.0985. The number of nitrogens with one attached hydrogen (secondary N) is 2. The van der Waals surface area contributed by atoms with Crippen LogP contribution >= 0.6 is 0 Å². The van der Waals surface area contributed by atoms with E-state index in [-0.39, 0.29) is 17.7 Å². The van der Waals surface area contributed by atoms with Crippen molar-refractivity contribution in [2.45, 2.75) is 62.7 Å². The zero-order valence-corrected chi connectivity index (χ0v) is 11.1. The first kappa shape index (κ1) is 13.6. The number of carbonyl (C=O) groups is 1. The fourth-order valence-corrected chi connectivity index (χ4v) is 2.76. The number of aliphatic hydroxyl groups excluding tert-OH is 1. The van der Waals surface area contributed by atoms with Gasteiger partial charge in [-0.05, 0) is 32.1 Å². The van der Waals surface area contributed by atoms with Crippen molar-refractivity contribution in [3.63, 3.8) is 0 Å².